The number of nitrogens with one attached hydrogen (secondary N) is 2. The Morgan fingerprint density at radius 3 is 2.71 bits per heavy atom. The molecule has 1 aromatic carbocycles. The third kappa shape index (κ3) is 2.46. The first-order chi connectivity index (χ1) is 11.8. The van der Waals surface area contributed by atoms with Crippen molar-refractivity contribution in [3.8, 4) is 17.2 Å². The Balaban J connectivity index is 1.83. The standard InChI is InChI=1S/C19H13N5/c20-10-15-11-22-12-17(13-3-6-21-7-4-13)19(15)24-16-1-2-18-14(9-16)5-8-23-18/h1-9,11-12,23H,(H,22,24). The maximum atomic E-state index is 9.46. The summed E-state index contributed by atoms with van der Waals surface area (Å²) in [6, 6.07) is 14.1. The minimum Gasteiger partial charge on any atom is -0.361 e. The molecule has 114 valence electrons. The molecule has 0 unspecified atom stereocenters. The van der Waals surface area contributed by atoms with Crippen molar-refractivity contribution in [3.63, 3.8) is 0 Å². The zero-order chi connectivity index (χ0) is 16.4. The highest BCUT2D eigenvalue weighted by Gasteiger charge is 2.11. The quantitative estimate of drug-likeness (QED) is 0.593. The molecule has 0 saturated heterocycles. The molecular formula is C19H13N5. The molecule has 5 heteroatoms. The first-order valence-electron chi connectivity index (χ1n) is 7.48. The number of anilines is 2. The van der Waals surface area contributed by atoms with E-state index in [4.69, 9.17) is 0 Å². The Morgan fingerprint density at radius 1 is 1.00 bits per heavy atom. The van der Waals surface area contributed by atoms with Gasteiger partial charge in [0, 0.05) is 53.1 Å². The van der Waals surface area contributed by atoms with Crippen LogP contribution in [0.25, 0.3) is 22.0 Å². The summed E-state index contributed by atoms with van der Waals surface area (Å²) < 4.78 is 0. The van der Waals surface area contributed by atoms with Crippen molar-refractivity contribution in [2.45, 2.75) is 0 Å². The molecule has 0 fully saturated rings. The van der Waals surface area contributed by atoms with Crippen molar-refractivity contribution < 1.29 is 0 Å². The fraction of sp³-hybridized carbons (Fsp3) is 0. The molecule has 0 spiro atoms. The molecule has 0 aliphatic rings. The lowest BCUT2D eigenvalue weighted by Gasteiger charge is -2.13. The highest BCUT2D eigenvalue weighted by molar-refractivity contribution is 5.88. The van der Waals surface area contributed by atoms with Crippen molar-refractivity contribution in [2.24, 2.45) is 0 Å². The van der Waals surface area contributed by atoms with Crippen LogP contribution < -0.4 is 5.32 Å². The van der Waals surface area contributed by atoms with Gasteiger partial charge in [-0.15, -0.1) is 0 Å². The average molecular weight is 311 g/mol. The fourth-order valence-corrected chi connectivity index (χ4v) is 2.71. The van der Waals surface area contributed by atoms with Crippen molar-refractivity contribution in [1.29, 1.82) is 5.26 Å². The lowest BCUT2D eigenvalue weighted by atomic mass is 10.0. The number of benzene rings is 1. The van der Waals surface area contributed by atoms with Gasteiger partial charge in [-0.1, -0.05) is 0 Å². The largest absolute Gasteiger partial charge is 0.361 e. The van der Waals surface area contributed by atoms with Crippen LogP contribution in [0.5, 0.6) is 0 Å². The monoisotopic (exact) mass is 311 g/mol. The van der Waals surface area contributed by atoms with E-state index in [2.05, 4.69) is 26.3 Å². The minimum absolute atomic E-state index is 0.499. The van der Waals surface area contributed by atoms with Crippen LogP contribution in [0.1, 0.15) is 5.56 Å². The molecule has 0 aliphatic heterocycles. The number of aromatic nitrogens is 3. The smallest absolute Gasteiger partial charge is 0.103 e. The lowest BCUT2D eigenvalue weighted by Crippen LogP contribution is -1.98. The Bertz CT molecular complexity index is 1040. The van der Waals surface area contributed by atoms with Crippen molar-refractivity contribution in [2.75, 3.05) is 5.32 Å². The van der Waals surface area contributed by atoms with E-state index in [0.29, 0.717) is 5.56 Å². The molecule has 0 bridgehead atoms. The second kappa shape index (κ2) is 5.86. The predicted octanol–water partition coefficient (Wildman–Crippen LogP) is 4.24. The number of H-pyrrole nitrogens is 1. The molecule has 4 rings (SSSR count). The summed E-state index contributed by atoms with van der Waals surface area (Å²) in [6.07, 6.45) is 8.69. The van der Waals surface area contributed by atoms with Crippen LogP contribution >= 0.6 is 0 Å². The molecule has 3 heterocycles. The normalized spacial score (nSPS) is 10.5. The molecular weight excluding hydrogens is 298 g/mol. The first-order valence-corrected chi connectivity index (χ1v) is 7.48. The second-order valence-corrected chi connectivity index (χ2v) is 5.36. The number of rotatable bonds is 3. The number of fused-ring (bicyclic) bond motifs is 1. The molecule has 3 aromatic heterocycles. The summed E-state index contributed by atoms with van der Waals surface area (Å²) in [6.45, 7) is 0. The molecule has 0 radical (unpaired) electrons. The van der Waals surface area contributed by atoms with Gasteiger partial charge in [0.1, 0.15) is 6.07 Å². The second-order valence-electron chi connectivity index (χ2n) is 5.36. The number of hydrogen-bond acceptors (Lipinski definition) is 4. The van der Waals surface area contributed by atoms with Crippen LogP contribution in [0.3, 0.4) is 0 Å². The Hall–Kier alpha value is -3.65. The number of hydrogen-bond donors (Lipinski definition) is 2. The van der Waals surface area contributed by atoms with Crippen LogP contribution in [-0.2, 0) is 0 Å². The third-order valence-electron chi connectivity index (χ3n) is 3.88. The summed E-state index contributed by atoms with van der Waals surface area (Å²) in [7, 11) is 0. The van der Waals surface area contributed by atoms with E-state index < -0.39 is 0 Å². The highest BCUT2D eigenvalue weighted by Crippen LogP contribution is 2.32. The number of nitrogens with zero attached hydrogens (tertiary/aromatic N) is 3. The van der Waals surface area contributed by atoms with Gasteiger partial charge in [-0.05, 0) is 42.0 Å². The summed E-state index contributed by atoms with van der Waals surface area (Å²) >= 11 is 0. The van der Waals surface area contributed by atoms with Crippen LogP contribution in [-0.4, -0.2) is 15.0 Å². The molecule has 0 aliphatic carbocycles. The first kappa shape index (κ1) is 14.0. The zero-order valence-corrected chi connectivity index (χ0v) is 12.7. The Morgan fingerprint density at radius 2 is 1.88 bits per heavy atom. The van der Waals surface area contributed by atoms with Crippen molar-refractivity contribution >= 4 is 22.3 Å². The average Bonchev–Trinajstić information content (AvgIpc) is 3.10. The molecule has 2 N–H and O–H groups in total. The van der Waals surface area contributed by atoms with Gasteiger partial charge in [0.25, 0.3) is 0 Å². The summed E-state index contributed by atoms with van der Waals surface area (Å²) in [4.78, 5) is 11.4. The Kier molecular flexibility index (Phi) is 3.41. The molecule has 5 nitrogen and oxygen atoms in total. The summed E-state index contributed by atoms with van der Waals surface area (Å²) in [5, 5.41) is 13.9. The van der Waals surface area contributed by atoms with Gasteiger partial charge in [0.15, 0.2) is 0 Å². The number of nitriles is 1. The summed E-state index contributed by atoms with van der Waals surface area (Å²) in [5.41, 5.74) is 5.06. The van der Waals surface area contributed by atoms with Crippen LogP contribution in [0.2, 0.25) is 0 Å². The molecule has 0 atom stereocenters. The predicted molar refractivity (Wildman–Crippen MR) is 93.8 cm³/mol. The molecule has 0 saturated carbocycles. The molecule has 24 heavy (non-hydrogen) atoms. The van der Waals surface area contributed by atoms with Crippen molar-refractivity contribution in [1.82, 2.24) is 15.0 Å². The zero-order valence-electron chi connectivity index (χ0n) is 12.7. The topological polar surface area (TPSA) is 77.4 Å². The summed E-state index contributed by atoms with van der Waals surface area (Å²) in [5.74, 6) is 0. The van der Waals surface area contributed by atoms with Gasteiger partial charge in [-0.2, -0.15) is 5.26 Å². The lowest BCUT2D eigenvalue weighted by molar-refractivity contribution is 1.28. The minimum atomic E-state index is 0.499. The highest BCUT2D eigenvalue weighted by atomic mass is 14.9. The van der Waals surface area contributed by atoms with Gasteiger partial charge in [-0.25, -0.2) is 0 Å². The fourth-order valence-electron chi connectivity index (χ4n) is 2.71. The maximum absolute atomic E-state index is 9.46. The van der Waals surface area contributed by atoms with Crippen LogP contribution in [0, 0.1) is 11.3 Å². The van der Waals surface area contributed by atoms with Gasteiger partial charge in [0.2, 0.25) is 0 Å². The van der Waals surface area contributed by atoms with Crippen LogP contribution in [0.4, 0.5) is 11.4 Å². The maximum Gasteiger partial charge on any atom is 0.103 e. The van der Waals surface area contributed by atoms with E-state index in [1.165, 1.54) is 0 Å². The molecule has 0 amide bonds. The number of aromatic amines is 1. The van der Waals surface area contributed by atoms with Gasteiger partial charge in [0.05, 0.1) is 11.3 Å². The van der Waals surface area contributed by atoms with Crippen molar-refractivity contribution in [3.05, 3.63) is 72.9 Å². The van der Waals surface area contributed by atoms with E-state index >= 15 is 0 Å². The van der Waals surface area contributed by atoms with E-state index in [1.807, 2.05) is 42.6 Å². The van der Waals surface area contributed by atoms with Gasteiger partial charge < -0.3 is 10.3 Å². The van der Waals surface area contributed by atoms with E-state index in [1.54, 1.807) is 24.8 Å². The van der Waals surface area contributed by atoms with Gasteiger partial charge in [-0.3, -0.25) is 9.97 Å². The van der Waals surface area contributed by atoms with E-state index in [9.17, 15) is 5.26 Å². The van der Waals surface area contributed by atoms with Gasteiger partial charge >= 0.3 is 0 Å². The van der Waals surface area contributed by atoms with E-state index in [-0.39, 0.29) is 0 Å². The van der Waals surface area contributed by atoms with E-state index in [0.717, 1.165) is 33.4 Å². The Labute approximate surface area is 138 Å². The molecule has 4 aromatic rings. The third-order valence-corrected chi connectivity index (χ3v) is 3.88. The van der Waals surface area contributed by atoms with Crippen LogP contribution in [0.15, 0.2) is 67.4 Å². The number of pyridine rings is 2. The SMILES string of the molecule is N#Cc1cncc(-c2ccncc2)c1Nc1ccc2[nH]ccc2c1.